The van der Waals surface area contributed by atoms with Crippen molar-refractivity contribution in [1.82, 2.24) is 9.62 Å². The Morgan fingerprint density at radius 3 is 2.52 bits per heavy atom. The summed E-state index contributed by atoms with van der Waals surface area (Å²) in [6.07, 6.45) is 3.04. The first-order chi connectivity index (χ1) is 15.0. The van der Waals surface area contributed by atoms with Gasteiger partial charge in [0.05, 0.1) is 30.1 Å². The fourth-order valence-corrected chi connectivity index (χ4v) is 5.21. The second kappa shape index (κ2) is 9.32. The van der Waals surface area contributed by atoms with Gasteiger partial charge < -0.3 is 14.7 Å². The molecule has 0 fully saturated rings. The predicted octanol–water partition coefficient (Wildman–Crippen LogP) is 1.62. The molecule has 0 aromatic heterocycles. The van der Waals surface area contributed by atoms with E-state index >= 15 is 0 Å². The molecule has 2 aliphatic rings. The van der Waals surface area contributed by atoms with Crippen molar-refractivity contribution in [2.45, 2.75) is 42.5 Å². The van der Waals surface area contributed by atoms with Crippen LogP contribution in [0.1, 0.15) is 17.5 Å². The molecule has 2 aromatic carbocycles. The van der Waals surface area contributed by atoms with Gasteiger partial charge in [0.1, 0.15) is 6.10 Å². The van der Waals surface area contributed by atoms with Gasteiger partial charge in [-0.25, -0.2) is 13.1 Å². The van der Waals surface area contributed by atoms with Gasteiger partial charge in [-0.05, 0) is 29.7 Å². The third kappa shape index (κ3) is 5.04. The first kappa shape index (κ1) is 21.7. The summed E-state index contributed by atoms with van der Waals surface area (Å²) in [5.41, 5.74) is 2.43. The molecular weight excluding hydrogens is 416 g/mol. The number of fused-ring (bicyclic) bond motifs is 1. The number of rotatable bonds is 6. The first-order valence-electron chi connectivity index (χ1n) is 10.3. The van der Waals surface area contributed by atoms with Crippen molar-refractivity contribution in [2.24, 2.45) is 0 Å². The molecule has 1 amide bonds. The van der Waals surface area contributed by atoms with Crippen molar-refractivity contribution >= 4 is 15.9 Å². The van der Waals surface area contributed by atoms with Crippen molar-refractivity contribution in [2.75, 3.05) is 13.2 Å². The van der Waals surface area contributed by atoms with Gasteiger partial charge in [0.25, 0.3) is 0 Å². The normalized spacial score (nSPS) is 23.4. The topological polar surface area (TPSA) is 95.9 Å². The van der Waals surface area contributed by atoms with E-state index in [1.807, 2.05) is 23.1 Å². The number of hydrogen-bond acceptors (Lipinski definition) is 5. The second-order valence-electron chi connectivity index (χ2n) is 7.78. The molecule has 0 bridgehead atoms. The average Bonchev–Trinajstić information content (AvgIpc) is 2.80. The minimum Gasteiger partial charge on any atom is -0.394 e. The van der Waals surface area contributed by atoms with E-state index in [0.29, 0.717) is 13.1 Å². The Hall–Kier alpha value is -2.52. The summed E-state index contributed by atoms with van der Waals surface area (Å²) in [5, 5.41) is 9.75. The Labute approximate surface area is 182 Å². The van der Waals surface area contributed by atoms with Crippen LogP contribution in [0.15, 0.2) is 71.6 Å². The third-order valence-corrected chi connectivity index (χ3v) is 7.14. The summed E-state index contributed by atoms with van der Waals surface area (Å²) in [6.45, 7) is 0.873. The summed E-state index contributed by atoms with van der Waals surface area (Å²) in [5.74, 6) is -0.0239. The van der Waals surface area contributed by atoms with Gasteiger partial charge in [-0.2, -0.15) is 0 Å². The number of sulfonamides is 1. The zero-order valence-electron chi connectivity index (χ0n) is 17.1. The van der Waals surface area contributed by atoms with Crippen LogP contribution in [0.4, 0.5) is 0 Å². The van der Waals surface area contributed by atoms with E-state index < -0.39 is 28.3 Å². The minimum absolute atomic E-state index is 0.0239. The molecule has 7 nitrogen and oxygen atoms in total. The lowest BCUT2D eigenvalue weighted by Crippen LogP contribution is -2.49. The molecular formula is C23H26N2O5S. The summed E-state index contributed by atoms with van der Waals surface area (Å²) in [7, 11) is -3.76. The average molecular weight is 443 g/mol. The maximum atomic E-state index is 12.8. The maximum absolute atomic E-state index is 12.8. The molecule has 0 aliphatic carbocycles. The first-order valence-corrected chi connectivity index (χ1v) is 11.8. The Morgan fingerprint density at radius 2 is 1.77 bits per heavy atom. The third-order valence-electron chi connectivity index (χ3n) is 5.67. The molecule has 2 N–H and O–H groups in total. The van der Waals surface area contributed by atoms with Gasteiger partial charge in [-0.3, -0.25) is 4.79 Å². The molecule has 3 atom stereocenters. The van der Waals surface area contributed by atoms with E-state index in [4.69, 9.17) is 4.74 Å². The number of ether oxygens (including phenoxy) is 1. The zero-order valence-corrected chi connectivity index (χ0v) is 17.9. The Kier molecular flexibility index (Phi) is 6.52. The number of hydrogen-bond donors (Lipinski definition) is 2. The number of carbonyl (C=O) groups is 1. The van der Waals surface area contributed by atoms with E-state index in [-0.39, 0.29) is 23.8 Å². The van der Waals surface area contributed by atoms with E-state index in [1.54, 1.807) is 30.4 Å². The lowest BCUT2D eigenvalue weighted by molar-refractivity contribution is -0.136. The highest BCUT2D eigenvalue weighted by atomic mass is 32.2. The fraction of sp³-hybridized carbons (Fsp3) is 0.348. The molecule has 0 saturated heterocycles. The molecule has 8 heteroatoms. The minimum atomic E-state index is -3.76. The molecule has 31 heavy (non-hydrogen) atoms. The number of benzene rings is 2. The quantitative estimate of drug-likeness (QED) is 0.663. The molecule has 0 unspecified atom stereocenters. The van der Waals surface area contributed by atoms with Crippen LogP contribution >= 0.6 is 0 Å². The number of carbonyl (C=O) groups excluding carboxylic acids is 1. The number of nitrogens with zero attached hydrogens (tertiary/aromatic N) is 1. The highest BCUT2D eigenvalue weighted by Gasteiger charge is 2.32. The standard InChI is InChI=1S/C23H26N2O5S/c26-16-22-21(24-31(28,29)20-8-2-1-3-9-20)11-10-19(30-22)14-23(27)25-13-12-17-6-4-5-7-18(17)15-25/h1-11,19,21-22,24,26H,12-16H2/t19-,21+,22-/m0/s1. The Balaban J connectivity index is 1.39. The molecule has 0 saturated carbocycles. The highest BCUT2D eigenvalue weighted by molar-refractivity contribution is 7.89. The monoisotopic (exact) mass is 442 g/mol. The van der Waals surface area contributed by atoms with E-state index in [2.05, 4.69) is 10.8 Å². The molecule has 2 heterocycles. The molecule has 2 aromatic rings. The molecule has 2 aliphatic heterocycles. The van der Waals surface area contributed by atoms with Crippen LogP contribution < -0.4 is 4.72 Å². The van der Waals surface area contributed by atoms with Gasteiger partial charge in [0.15, 0.2) is 0 Å². The Bertz CT molecular complexity index is 1050. The highest BCUT2D eigenvalue weighted by Crippen LogP contribution is 2.22. The van der Waals surface area contributed by atoms with E-state index in [9.17, 15) is 18.3 Å². The van der Waals surface area contributed by atoms with Crippen LogP contribution in [-0.4, -0.2) is 55.7 Å². The maximum Gasteiger partial charge on any atom is 0.241 e. The number of nitrogens with one attached hydrogen (secondary N) is 1. The van der Waals surface area contributed by atoms with Crippen molar-refractivity contribution in [1.29, 1.82) is 0 Å². The summed E-state index contributed by atoms with van der Waals surface area (Å²) >= 11 is 0. The summed E-state index contributed by atoms with van der Waals surface area (Å²) in [4.78, 5) is 14.8. The van der Waals surface area contributed by atoms with Crippen LogP contribution in [0.25, 0.3) is 0 Å². The van der Waals surface area contributed by atoms with Crippen molar-refractivity contribution in [3.8, 4) is 0 Å². The number of amides is 1. The molecule has 0 spiro atoms. The van der Waals surface area contributed by atoms with Crippen LogP contribution in [0.2, 0.25) is 0 Å². The van der Waals surface area contributed by atoms with Crippen LogP contribution in [0.3, 0.4) is 0 Å². The molecule has 164 valence electrons. The van der Waals surface area contributed by atoms with Gasteiger partial charge in [-0.1, -0.05) is 54.6 Å². The lowest BCUT2D eigenvalue weighted by Gasteiger charge is -2.33. The number of aliphatic hydroxyl groups is 1. The van der Waals surface area contributed by atoms with Gasteiger partial charge in [-0.15, -0.1) is 0 Å². The van der Waals surface area contributed by atoms with Crippen LogP contribution in [-0.2, 0) is 32.5 Å². The van der Waals surface area contributed by atoms with E-state index in [1.165, 1.54) is 17.7 Å². The van der Waals surface area contributed by atoms with Crippen molar-refractivity contribution in [3.05, 3.63) is 77.9 Å². The Morgan fingerprint density at radius 1 is 1.06 bits per heavy atom. The lowest BCUT2D eigenvalue weighted by atomic mass is 9.99. The van der Waals surface area contributed by atoms with Crippen molar-refractivity contribution in [3.63, 3.8) is 0 Å². The largest absolute Gasteiger partial charge is 0.394 e. The molecule has 4 rings (SSSR count). The predicted molar refractivity (Wildman–Crippen MR) is 116 cm³/mol. The zero-order chi connectivity index (χ0) is 21.8. The van der Waals surface area contributed by atoms with Crippen LogP contribution in [0.5, 0.6) is 0 Å². The van der Waals surface area contributed by atoms with Gasteiger partial charge in [0.2, 0.25) is 15.9 Å². The SMILES string of the molecule is O=C(C[C@@H]1C=C[C@@H](NS(=O)(=O)c2ccccc2)[C@H](CO)O1)N1CCc2ccccc2C1. The summed E-state index contributed by atoms with van der Waals surface area (Å²) < 4.78 is 33.6. The number of aliphatic hydroxyl groups excluding tert-OH is 1. The second-order valence-corrected chi connectivity index (χ2v) is 9.49. The van der Waals surface area contributed by atoms with E-state index in [0.717, 1.165) is 12.0 Å². The fourth-order valence-electron chi connectivity index (χ4n) is 3.97. The van der Waals surface area contributed by atoms with Gasteiger partial charge >= 0.3 is 0 Å². The van der Waals surface area contributed by atoms with Crippen LogP contribution in [0, 0.1) is 0 Å². The molecule has 0 radical (unpaired) electrons. The smallest absolute Gasteiger partial charge is 0.241 e. The van der Waals surface area contributed by atoms with Gasteiger partial charge in [0, 0.05) is 13.1 Å². The van der Waals surface area contributed by atoms with Crippen molar-refractivity contribution < 1.29 is 23.1 Å². The summed E-state index contributed by atoms with van der Waals surface area (Å²) in [6, 6.07) is 15.4.